The van der Waals surface area contributed by atoms with Gasteiger partial charge in [-0.05, 0) is 25.0 Å². The Kier molecular flexibility index (Phi) is 3.34. The van der Waals surface area contributed by atoms with Crippen LogP contribution in [0.25, 0.3) is 0 Å². The van der Waals surface area contributed by atoms with Crippen molar-refractivity contribution in [1.82, 2.24) is 4.90 Å². The molecule has 2 aliphatic rings. The number of rotatable bonds is 2. The Balaban J connectivity index is 2.26. The second-order valence-corrected chi connectivity index (χ2v) is 5.40. The van der Waals surface area contributed by atoms with Crippen molar-refractivity contribution in [1.29, 1.82) is 0 Å². The summed E-state index contributed by atoms with van der Waals surface area (Å²) in [5.74, 6) is -0.0736. The molecule has 1 saturated heterocycles. The molecular formula is C14H21NO3. The van der Waals surface area contributed by atoms with E-state index in [0.717, 1.165) is 12.0 Å². The zero-order valence-corrected chi connectivity index (χ0v) is 11.2. The molecule has 2 aliphatic heterocycles. The summed E-state index contributed by atoms with van der Waals surface area (Å²) in [6.45, 7) is 9.50. The Morgan fingerprint density at radius 2 is 2.33 bits per heavy atom. The van der Waals surface area contributed by atoms with Crippen LogP contribution in [0.5, 0.6) is 0 Å². The number of carbonyl (C=O) groups excluding carboxylic acids is 1. The van der Waals surface area contributed by atoms with Crippen molar-refractivity contribution in [2.75, 3.05) is 0 Å². The molecule has 4 heteroatoms. The van der Waals surface area contributed by atoms with Gasteiger partial charge in [-0.15, -0.1) is 0 Å². The summed E-state index contributed by atoms with van der Waals surface area (Å²) in [5.41, 5.74) is -0.242. The molecular weight excluding hydrogens is 230 g/mol. The number of ether oxygens (including phenoxy) is 1. The van der Waals surface area contributed by atoms with Crippen molar-refractivity contribution in [3.8, 4) is 0 Å². The number of nitrogens with zero attached hydrogens (tertiary/aromatic N) is 1. The molecule has 4 nitrogen and oxygen atoms in total. The number of amides is 1. The first-order valence-corrected chi connectivity index (χ1v) is 6.43. The first-order chi connectivity index (χ1) is 8.37. The van der Waals surface area contributed by atoms with Crippen molar-refractivity contribution >= 4 is 5.91 Å². The third-order valence-electron chi connectivity index (χ3n) is 4.08. The fraction of sp³-hybridized carbons (Fsp3) is 0.643. The molecule has 0 bridgehead atoms. The van der Waals surface area contributed by atoms with Crippen LogP contribution in [0.4, 0.5) is 0 Å². The van der Waals surface area contributed by atoms with Crippen LogP contribution in [0.1, 0.15) is 33.6 Å². The van der Waals surface area contributed by atoms with Crippen molar-refractivity contribution in [2.45, 2.75) is 51.5 Å². The summed E-state index contributed by atoms with van der Waals surface area (Å²) < 4.78 is 5.86. The highest BCUT2D eigenvalue weighted by atomic mass is 16.5. The second kappa shape index (κ2) is 4.52. The molecule has 1 N–H and O–H groups in total. The van der Waals surface area contributed by atoms with Crippen molar-refractivity contribution < 1.29 is 14.6 Å². The van der Waals surface area contributed by atoms with E-state index in [1.165, 1.54) is 4.90 Å². The van der Waals surface area contributed by atoms with Gasteiger partial charge in [-0.3, -0.25) is 9.69 Å². The van der Waals surface area contributed by atoms with E-state index in [2.05, 4.69) is 6.58 Å². The lowest BCUT2D eigenvalue weighted by Crippen LogP contribution is -2.51. The molecule has 0 spiro atoms. The van der Waals surface area contributed by atoms with Crippen molar-refractivity contribution in [3.05, 3.63) is 24.4 Å². The predicted molar refractivity (Wildman–Crippen MR) is 68.5 cm³/mol. The minimum Gasteiger partial charge on any atom is -0.385 e. The molecule has 100 valence electrons. The molecule has 2 rings (SSSR count). The van der Waals surface area contributed by atoms with E-state index >= 15 is 0 Å². The van der Waals surface area contributed by atoms with Gasteiger partial charge >= 0.3 is 0 Å². The highest BCUT2D eigenvalue weighted by molar-refractivity contribution is 5.82. The quantitative estimate of drug-likeness (QED) is 0.814. The third kappa shape index (κ3) is 1.99. The van der Waals surface area contributed by atoms with Crippen LogP contribution in [0.2, 0.25) is 0 Å². The molecule has 0 aromatic rings. The van der Waals surface area contributed by atoms with Gasteiger partial charge in [0.1, 0.15) is 5.60 Å². The Morgan fingerprint density at radius 1 is 1.67 bits per heavy atom. The molecule has 0 aromatic carbocycles. The van der Waals surface area contributed by atoms with Gasteiger partial charge in [0, 0.05) is 12.1 Å². The Labute approximate surface area is 108 Å². The van der Waals surface area contributed by atoms with Gasteiger partial charge in [0.2, 0.25) is 5.91 Å². The van der Waals surface area contributed by atoms with Gasteiger partial charge < -0.3 is 9.84 Å². The summed E-state index contributed by atoms with van der Waals surface area (Å²) in [6.07, 6.45) is 3.96. The highest BCUT2D eigenvalue weighted by Gasteiger charge is 2.52. The van der Waals surface area contributed by atoms with Crippen LogP contribution in [0, 0.1) is 5.92 Å². The van der Waals surface area contributed by atoms with Crippen molar-refractivity contribution in [3.63, 3.8) is 0 Å². The Morgan fingerprint density at radius 3 is 2.83 bits per heavy atom. The van der Waals surface area contributed by atoms with Crippen LogP contribution < -0.4 is 0 Å². The largest absolute Gasteiger partial charge is 0.385 e. The Bertz CT molecular complexity index is 400. The normalized spacial score (nSPS) is 40.7. The first-order valence-electron chi connectivity index (χ1n) is 6.43. The highest BCUT2D eigenvalue weighted by Crippen LogP contribution is 2.39. The monoisotopic (exact) mass is 251 g/mol. The van der Waals surface area contributed by atoms with Gasteiger partial charge in [0.15, 0.2) is 6.23 Å². The van der Waals surface area contributed by atoms with E-state index in [9.17, 15) is 9.90 Å². The maximum atomic E-state index is 12.0. The molecule has 0 aromatic heterocycles. The van der Waals surface area contributed by atoms with Crippen LogP contribution in [0.15, 0.2) is 24.4 Å². The molecule has 0 unspecified atom stereocenters. The van der Waals surface area contributed by atoms with Gasteiger partial charge in [-0.1, -0.05) is 20.4 Å². The molecule has 4 atom stereocenters. The molecule has 18 heavy (non-hydrogen) atoms. The summed E-state index contributed by atoms with van der Waals surface area (Å²) in [7, 11) is 0. The average Bonchev–Trinajstić information content (AvgIpc) is 2.52. The minimum atomic E-state index is -1.03. The van der Waals surface area contributed by atoms with Crippen molar-refractivity contribution in [2.24, 2.45) is 5.92 Å². The summed E-state index contributed by atoms with van der Waals surface area (Å²) in [5, 5.41) is 10.6. The smallest absolute Gasteiger partial charge is 0.233 e. The SMILES string of the molecule is C=C1C=CN([C@@H]2O[C@H](CC)[C@@H](C)[C@]2(C)O)C(=O)C1. The number of hydrogen-bond acceptors (Lipinski definition) is 3. The lowest BCUT2D eigenvalue weighted by Gasteiger charge is -2.35. The molecule has 0 aliphatic carbocycles. The lowest BCUT2D eigenvalue weighted by molar-refractivity contribution is -0.154. The zero-order chi connectivity index (χ0) is 13.5. The van der Waals surface area contributed by atoms with Gasteiger partial charge in [0.05, 0.1) is 12.5 Å². The average molecular weight is 251 g/mol. The fourth-order valence-corrected chi connectivity index (χ4v) is 2.64. The zero-order valence-electron chi connectivity index (χ0n) is 11.2. The van der Waals surface area contributed by atoms with Gasteiger partial charge in [-0.25, -0.2) is 0 Å². The predicted octanol–water partition coefficient (Wildman–Crippen LogP) is 1.81. The maximum Gasteiger partial charge on any atom is 0.233 e. The molecule has 0 saturated carbocycles. The van der Waals surface area contributed by atoms with E-state index in [1.54, 1.807) is 19.2 Å². The van der Waals surface area contributed by atoms with Crippen LogP contribution in [-0.4, -0.2) is 33.8 Å². The van der Waals surface area contributed by atoms with Crippen LogP contribution >= 0.6 is 0 Å². The number of aliphatic hydroxyl groups is 1. The fourth-order valence-electron chi connectivity index (χ4n) is 2.64. The van der Waals surface area contributed by atoms with E-state index in [1.807, 2.05) is 13.8 Å². The topological polar surface area (TPSA) is 49.8 Å². The van der Waals surface area contributed by atoms with Crippen LogP contribution in [-0.2, 0) is 9.53 Å². The second-order valence-electron chi connectivity index (χ2n) is 5.40. The van der Waals surface area contributed by atoms with E-state index < -0.39 is 11.8 Å². The third-order valence-corrected chi connectivity index (χ3v) is 4.08. The van der Waals surface area contributed by atoms with Gasteiger partial charge in [-0.2, -0.15) is 0 Å². The van der Waals surface area contributed by atoms with E-state index in [-0.39, 0.29) is 24.3 Å². The molecule has 1 fully saturated rings. The molecule has 0 radical (unpaired) electrons. The maximum absolute atomic E-state index is 12.0. The first kappa shape index (κ1) is 13.3. The lowest BCUT2D eigenvalue weighted by atomic mass is 9.86. The van der Waals surface area contributed by atoms with E-state index in [0.29, 0.717) is 0 Å². The molecule has 2 heterocycles. The van der Waals surface area contributed by atoms with E-state index in [4.69, 9.17) is 4.74 Å². The van der Waals surface area contributed by atoms with Crippen LogP contribution in [0.3, 0.4) is 0 Å². The van der Waals surface area contributed by atoms with Gasteiger partial charge in [0.25, 0.3) is 0 Å². The summed E-state index contributed by atoms with van der Waals surface area (Å²) in [6, 6.07) is 0. The summed E-state index contributed by atoms with van der Waals surface area (Å²) in [4.78, 5) is 13.5. The number of allylic oxidation sites excluding steroid dienone is 1. The molecule has 1 amide bonds. The summed E-state index contributed by atoms with van der Waals surface area (Å²) >= 11 is 0. The Hall–Kier alpha value is -1.13. The standard InChI is InChI=1S/C14H21NO3/c1-5-11-10(3)14(4,17)13(18-11)15-7-6-9(2)8-12(15)16/h6-7,10-11,13,17H,2,5,8H2,1,3-4H3/t10-,11-,13-,14+/m1/s1. The number of carbonyl (C=O) groups is 1. The minimum absolute atomic E-state index is 0.00109. The number of hydrogen-bond donors (Lipinski definition) is 1.